The number of anilines is 1. The van der Waals surface area contributed by atoms with Gasteiger partial charge < -0.3 is 16.4 Å². The van der Waals surface area contributed by atoms with Gasteiger partial charge in [-0.25, -0.2) is 0 Å². The molecule has 0 fully saturated rings. The van der Waals surface area contributed by atoms with Crippen molar-refractivity contribution in [2.45, 2.75) is 19.9 Å². The molecule has 1 aromatic rings. The molecule has 1 atom stereocenters. The molecule has 0 radical (unpaired) electrons. The lowest BCUT2D eigenvalue weighted by Gasteiger charge is -2.12. The summed E-state index contributed by atoms with van der Waals surface area (Å²) in [5.41, 5.74) is 7.33. The van der Waals surface area contributed by atoms with E-state index in [1.165, 1.54) is 0 Å². The van der Waals surface area contributed by atoms with Crippen molar-refractivity contribution in [3.05, 3.63) is 29.3 Å². The van der Waals surface area contributed by atoms with E-state index in [-0.39, 0.29) is 24.2 Å². The summed E-state index contributed by atoms with van der Waals surface area (Å²) in [4.78, 5) is 23.0. The Morgan fingerprint density at radius 3 is 2.44 bits per heavy atom. The van der Waals surface area contributed by atoms with Crippen LogP contribution < -0.4 is 16.4 Å². The average molecular weight is 272 g/mol. The number of hydrogen-bond donors (Lipinski definition) is 3. The molecule has 5 nitrogen and oxygen atoms in total. The first-order valence-corrected chi connectivity index (χ1v) is 5.35. The van der Waals surface area contributed by atoms with Gasteiger partial charge in [-0.3, -0.25) is 9.59 Å². The van der Waals surface area contributed by atoms with Crippen molar-refractivity contribution in [3.63, 3.8) is 0 Å². The molecule has 1 aromatic carbocycles. The number of halogens is 1. The van der Waals surface area contributed by atoms with E-state index in [9.17, 15) is 9.59 Å². The van der Waals surface area contributed by atoms with Crippen LogP contribution in [0.5, 0.6) is 0 Å². The molecule has 4 N–H and O–H groups in total. The zero-order chi connectivity index (χ0) is 13.0. The highest BCUT2D eigenvalue weighted by molar-refractivity contribution is 6.00. The second-order valence-corrected chi connectivity index (χ2v) is 3.84. The number of nitrogens with two attached hydrogens (primary N) is 1. The number of amides is 2. The minimum Gasteiger partial charge on any atom is -0.355 e. The zero-order valence-electron chi connectivity index (χ0n) is 10.6. The average Bonchev–Trinajstić information content (AvgIpc) is 2.30. The molecule has 0 aliphatic rings. The Bertz CT molecular complexity index is 447. The van der Waals surface area contributed by atoms with Gasteiger partial charge in [0.1, 0.15) is 0 Å². The van der Waals surface area contributed by atoms with Crippen LogP contribution in [-0.2, 0) is 4.79 Å². The SMILES string of the molecule is CNC(=O)c1cccc(NC(=O)[C@@H](C)N)c1C.Cl. The summed E-state index contributed by atoms with van der Waals surface area (Å²) in [5.74, 6) is -0.457. The molecular formula is C12H18ClN3O2. The molecule has 0 saturated heterocycles. The number of rotatable bonds is 3. The van der Waals surface area contributed by atoms with Gasteiger partial charge in [0.15, 0.2) is 0 Å². The van der Waals surface area contributed by atoms with Crippen molar-refractivity contribution < 1.29 is 9.59 Å². The van der Waals surface area contributed by atoms with Gasteiger partial charge in [-0.15, -0.1) is 12.4 Å². The quantitative estimate of drug-likeness (QED) is 0.769. The van der Waals surface area contributed by atoms with Gasteiger partial charge in [-0.2, -0.15) is 0 Å². The minimum atomic E-state index is -0.585. The third-order valence-electron chi connectivity index (χ3n) is 2.48. The molecule has 0 bridgehead atoms. The van der Waals surface area contributed by atoms with Crippen molar-refractivity contribution >= 4 is 29.9 Å². The Morgan fingerprint density at radius 2 is 1.94 bits per heavy atom. The van der Waals surface area contributed by atoms with E-state index in [0.29, 0.717) is 11.3 Å². The van der Waals surface area contributed by atoms with Gasteiger partial charge in [0, 0.05) is 18.3 Å². The smallest absolute Gasteiger partial charge is 0.251 e. The van der Waals surface area contributed by atoms with E-state index >= 15 is 0 Å². The molecule has 2 amide bonds. The second kappa shape index (κ2) is 6.98. The van der Waals surface area contributed by atoms with Crippen LogP contribution in [0.3, 0.4) is 0 Å². The van der Waals surface area contributed by atoms with Crippen LogP contribution in [0.25, 0.3) is 0 Å². The van der Waals surface area contributed by atoms with Gasteiger partial charge in [0.05, 0.1) is 6.04 Å². The normalized spacial score (nSPS) is 11.1. The molecule has 0 saturated carbocycles. The predicted octanol–water partition coefficient (Wildman–Crippen LogP) is 1.06. The molecule has 6 heteroatoms. The minimum absolute atomic E-state index is 0. The first-order chi connectivity index (χ1) is 7.97. The van der Waals surface area contributed by atoms with E-state index in [1.807, 2.05) is 0 Å². The first kappa shape index (κ1) is 16.4. The number of carbonyl (C=O) groups excluding carboxylic acids is 2. The molecule has 18 heavy (non-hydrogen) atoms. The van der Waals surface area contributed by atoms with E-state index < -0.39 is 6.04 Å². The van der Waals surface area contributed by atoms with Crippen molar-refractivity contribution in [2.75, 3.05) is 12.4 Å². The van der Waals surface area contributed by atoms with Crippen molar-refractivity contribution in [3.8, 4) is 0 Å². The Balaban J connectivity index is 0.00000289. The van der Waals surface area contributed by atoms with Crippen LogP contribution in [0.15, 0.2) is 18.2 Å². The van der Waals surface area contributed by atoms with Gasteiger partial charge in [0.25, 0.3) is 5.91 Å². The summed E-state index contributed by atoms with van der Waals surface area (Å²) in [7, 11) is 1.56. The predicted molar refractivity (Wildman–Crippen MR) is 74.1 cm³/mol. The van der Waals surface area contributed by atoms with Gasteiger partial charge >= 0.3 is 0 Å². The monoisotopic (exact) mass is 271 g/mol. The van der Waals surface area contributed by atoms with Crippen LogP contribution >= 0.6 is 12.4 Å². The summed E-state index contributed by atoms with van der Waals surface area (Å²) in [6.45, 7) is 3.38. The van der Waals surface area contributed by atoms with E-state index in [0.717, 1.165) is 5.56 Å². The molecule has 0 spiro atoms. The highest BCUT2D eigenvalue weighted by Crippen LogP contribution is 2.18. The summed E-state index contributed by atoms with van der Waals surface area (Å²) < 4.78 is 0. The molecule has 100 valence electrons. The third kappa shape index (κ3) is 3.72. The highest BCUT2D eigenvalue weighted by atomic mass is 35.5. The Morgan fingerprint density at radius 1 is 1.33 bits per heavy atom. The van der Waals surface area contributed by atoms with Gasteiger partial charge in [0.2, 0.25) is 5.91 Å². The molecule has 0 heterocycles. The first-order valence-electron chi connectivity index (χ1n) is 5.35. The van der Waals surface area contributed by atoms with Crippen molar-refractivity contribution in [1.29, 1.82) is 0 Å². The summed E-state index contributed by atoms with van der Waals surface area (Å²) in [6, 6.07) is 4.57. The fourth-order valence-electron chi connectivity index (χ4n) is 1.40. The van der Waals surface area contributed by atoms with Gasteiger partial charge in [-0.05, 0) is 31.5 Å². The lowest BCUT2D eigenvalue weighted by atomic mass is 10.1. The van der Waals surface area contributed by atoms with E-state index in [1.54, 1.807) is 39.1 Å². The Labute approximate surface area is 113 Å². The summed E-state index contributed by atoms with van der Waals surface area (Å²) in [5, 5.41) is 5.23. The maximum absolute atomic E-state index is 11.6. The fraction of sp³-hybridized carbons (Fsp3) is 0.333. The van der Waals surface area contributed by atoms with Crippen molar-refractivity contribution in [1.82, 2.24) is 5.32 Å². The van der Waals surface area contributed by atoms with E-state index in [2.05, 4.69) is 10.6 Å². The molecular weight excluding hydrogens is 254 g/mol. The maximum atomic E-state index is 11.6. The Hall–Kier alpha value is -1.59. The topological polar surface area (TPSA) is 84.2 Å². The number of nitrogens with one attached hydrogen (secondary N) is 2. The van der Waals surface area contributed by atoms with Crippen LogP contribution in [0.1, 0.15) is 22.8 Å². The van der Waals surface area contributed by atoms with Crippen LogP contribution in [0.2, 0.25) is 0 Å². The van der Waals surface area contributed by atoms with Crippen LogP contribution in [-0.4, -0.2) is 24.9 Å². The van der Waals surface area contributed by atoms with E-state index in [4.69, 9.17) is 5.73 Å². The zero-order valence-corrected chi connectivity index (χ0v) is 11.4. The van der Waals surface area contributed by atoms with Crippen LogP contribution in [0, 0.1) is 6.92 Å². The third-order valence-corrected chi connectivity index (χ3v) is 2.48. The second-order valence-electron chi connectivity index (χ2n) is 3.84. The standard InChI is InChI=1S/C12H17N3O2.ClH/c1-7-9(12(17)14-3)5-4-6-10(7)15-11(16)8(2)13;/h4-6,8H,13H2,1-3H3,(H,14,17)(H,15,16);1H/t8-;/m1./s1. The molecule has 0 aliphatic heterocycles. The fourth-order valence-corrected chi connectivity index (χ4v) is 1.40. The van der Waals surface area contributed by atoms with Crippen molar-refractivity contribution in [2.24, 2.45) is 5.73 Å². The Kier molecular flexibility index (Phi) is 6.36. The largest absolute Gasteiger partial charge is 0.355 e. The lowest BCUT2D eigenvalue weighted by Crippen LogP contribution is -2.32. The van der Waals surface area contributed by atoms with Gasteiger partial charge in [-0.1, -0.05) is 6.07 Å². The summed E-state index contributed by atoms with van der Waals surface area (Å²) in [6.07, 6.45) is 0. The number of carbonyl (C=O) groups is 2. The number of benzene rings is 1. The highest BCUT2D eigenvalue weighted by Gasteiger charge is 2.13. The molecule has 0 aliphatic carbocycles. The molecule has 1 rings (SSSR count). The number of hydrogen-bond acceptors (Lipinski definition) is 3. The lowest BCUT2D eigenvalue weighted by molar-refractivity contribution is -0.117. The summed E-state index contributed by atoms with van der Waals surface area (Å²) >= 11 is 0. The van der Waals surface area contributed by atoms with Crippen LogP contribution in [0.4, 0.5) is 5.69 Å². The maximum Gasteiger partial charge on any atom is 0.251 e. The molecule has 0 unspecified atom stereocenters. The molecule has 0 aromatic heterocycles.